The predicted molar refractivity (Wildman–Crippen MR) is 97.2 cm³/mol. The molecule has 9 heteroatoms. The predicted octanol–water partition coefficient (Wildman–Crippen LogP) is 4.41. The molecule has 3 N–H and O–H groups in total. The lowest BCUT2D eigenvalue weighted by molar-refractivity contribution is -0.141. The third-order valence-electron chi connectivity index (χ3n) is 3.70. The van der Waals surface area contributed by atoms with Crippen molar-refractivity contribution in [3.8, 4) is 11.1 Å². The van der Waals surface area contributed by atoms with Gasteiger partial charge in [0.1, 0.15) is 11.5 Å². The summed E-state index contributed by atoms with van der Waals surface area (Å²) in [5.41, 5.74) is 6.72. The van der Waals surface area contributed by atoms with E-state index in [1.165, 1.54) is 24.5 Å². The van der Waals surface area contributed by atoms with E-state index in [-0.39, 0.29) is 11.9 Å². The zero-order valence-corrected chi connectivity index (χ0v) is 14.9. The van der Waals surface area contributed by atoms with Crippen LogP contribution in [0.5, 0.6) is 0 Å². The Morgan fingerprint density at radius 2 is 2.00 bits per heavy atom. The first-order chi connectivity index (χ1) is 12.3. The van der Waals surface area contributed by atoms with Crippen molar-refractivity contribution in [1.82, 2.24) is 9.97 Å². The molecule has 3 rings (SSSR count). The van der Waals surface area contributed by atoms with Crippen LogP contribution in [-0.2, 0) is 10.9 Å². The van der Waals surface area contributed by atoms with E-state index in [1.54, 1.807) is 13.0 Å². The molecule has 1 atom stereocenters. The molecule has 0 aliphatic rings. The maximum Gasteiger partial charge on any atom is 0.433 e. The molecule has 0 bridgehead atoms. The number of hydrogen-bond donors (Lipinski definition) is 2. The summed E-state index contributed by atoms with van der Waals surface area (Å²) in [4.78, 5) is 8.03. The molecule has 0 saturated carbocycles. The van der Waals surface area contributed by atoms with Gasteiger partial charge in [0.25, 0.3) is 0 Å². The van der Waals surface area contributed by atoms with Crippen molar-refractivity contribution in [2.24, 2.45) is 0 Å². The van der Waals surface area contributed by atoms with E-state index >= 15 is 0 Å². The van der Waals surface area contributed by atoms with Crippen LogP contribution >= 0.6 is 11.3 Å². The number of nitrogens with zero attached hydrogens (tertiary/aromatic N) is 2. The summed E-state index contributed by atoms with van der Waals surface area (Å²) in [7, 11) is 1.53. The summed E-state index contributed by atoms with van der Waals surface area (Å²) >= 11 is 1.35. The smallest absolute Gasteiger partial charge is 0.383 e. The van der Waals surface area contributed by atoms with Gasteiger partial charge in [0.15, 0.2) is 5.13 Å². The van der Waals surface area contributed by atoms with E-state index in [9.17, 15) is 13.2 Å². The van der Waals surface area contributed by atoms with E-state index in [0.717, 1.165) is 10.8 Å². The van der Waals surface area contributed by atoms with Crippen LogP contribution in [-0.4, -0.2) is 29.7 Å². The molecule has 5 nitrogen and oxygen atoms in total. The highest BCUT2D eigenvalue weighted by molar-refractivity contribution is 7.22. The number of anilines is 2. The fourth-order valence-electron chi connectivity index (χ4n) is 2.60. The zero-order valence-electron chi connectivity index (χ0n) is 14.1. The van der Waals surface area contributed by atoms with Gasteiger partial charge in [0.2, 0.25) is 0 Å². The van der Waals surface area contributed by atoms with Gasteiger partial charge in [0, 0.05) is 18.7 Å². The Labute approximate surface area is 152 Å². The number of rotatable bonds is 5. The number of halogens is 3. The number of pyridine rings is 1. The molecule has 0 aliphatic heterocycles. The maximum atomic E-state index is 13.1. The molecular weight excluding hydrogens is 365 g/mol. The Hall–Kier alpha value is -2.39. The van der Waals surface area contributed by atoms with E-state index in [2.05, 4.69) is 15.3 Å². The fourth-order valence-corrected chi connectivity index (χ4v) is 3.31. The third kappa shape index (κ3) is 3.88. The van der Waals surface area contributed by atoms with Crippen molar-refractivity contribution in [1.29, 1.82) is 0 Å². The minimum absolute atomic E-state index is 0.145. The molecule has 2 aromatic heterocycles. The highest BCUT2D eigenvalue weighted by atomic mass is 32.1. The van der Waals surface area contributed by atoms with Crippen LogP contribution in [0.15, 0.2) is 30.3 Å². The zero-order chi connectivity index (χ0) is 18.9. The Balaban J connectivity index is 2.08. The molecule has 1 aromatic carbocycles. The number of ether oxygens (including phenoxy) is 1. The highest BCUT2D eigenvalue weighted by Crippen LogP contribution is 2.35. The van der Waals surface area contributed by atoms with E-state index in [1.807, 2.05) is 12.1 Å². The number of fused-ring (bicyclic) bond motifs is 1. The number of nitrogen functional groups attached to an aromatic ring is 1. The van der Waals surface area contributed by atoms with Gasteiger partial charge in [-0.2, -0.15) is 13.2 Å². The van der Waals surface area contributed by atoms with Crippen LogP contribution in [0, 0.1) is 0 Å². The molecule has 2 heterocycles. The minimum Gasteiger partial charge on any atom is -0.383 e. The van der Waals surface area contributed by atoms with Crippen molar-refractivity contribution >= 4 is 32.5 Å². The molecule has 3 aromatic rings. The van der Waals surface area contributed by atoms with Gasteiger partial charge >= 0.3 is 6.18 Å². The van der Waals surface area contributed by atoms with Crippen LogP contribution < -0.4 is 11.1 Å². The van der Waals surface area contributed by atoms with Crippen molar-refractivity contribution < 1.29 is 17.9 Å². The third-order valence-corrected chi connectivity index (χ3v) is 4.57. The van der Waals surface area contributed by atoms with Crippen LogP contribution in [0.3, 0.4) is 0 Å². The topological polar surface area (TPSA) is 73.1 Å². The summed E-state index contributed by atoms with van der Waals surface area (Å²) in [6.45, 7) is 2.14. The summed E-state index contributed by atoms with van der Waals surface area (Å²) in [5.74, 6) is 0.145. The summed E-state index contributed by atoms with van der Waals surface area (Å²) < 4.78 is 45.1. The van der Waals surface area contributed by atoms with E-state index < -0.39 is 11.9 Å². The van der Waals surface area contributed by atoms with Gasteiger partial charge in [-0.15, -0.1) is 0 Å². The Morgan fingerprint density at radius 3 is 2.69 bits per heavy atom. The Kier molecular flexibility index (Phi) is 5.01. The summed E-state index contributed by atoms with van der Waals surface area (Å²) in [6, 6.07) is 7.62. The molecule has 1 unspecified atom stereocenters. The molecule has 0 amide bonds. The van der Waals surface area contributed by atoms with Crippen LogP contribution in [0.2, 0.25) is 0 Å². The Morgan fingerprint density at radius 1 is 1.23 bits per heavy atom. The van der Waals surface area contributed by atoms with Crippen molar-refractivity contribution in [2.45, 2.75) is 19.1 Å². The van der Waals surface area contributed by atoms with Crippen molar-refractivity contribution in [2.75, 3.05) is 24.8 Å². The number of nitrogens with two attached hydrogens (primary N) is 1. The average molecular weight is 382 g/mol. The number of benzene rings is 1. The number of thiazole rings is 1. The van der Waals surface area contributed by atoms with E-state index in [0.29, 0.717) is 28.4 Å². The lowest BCUT2D eigenvalue weighted by atomic mass is 10.1. The van der Waals surface area contributed by atoms with Gasteiger partial charge in [-0.3, -0.25) is 0 Å². The van der Waals surface area contributed by atoms with Gasteiger partial charge in [-0.1, -0.05) is 17.4 Å². The first-order valence-corrected chi connectivity index (χ1v) is 8.59. The van der Waals surface area contributed by atoms with Gasteiger partial charge in [-0.05, 0) is 36.8 Å². The standard InChI is InChI=1S/C17H17F3N4OS/c1-9(8-25-2)22-15-11(4-6-14(24-15)17(18,19)20)10-3-5-13-12(7-10)23-16(21)26-13/h3-7,9H,8H2,1-2H3,(H2,21,23)(H,22,24). The van der Waals surface area contributed by atoms with Crippen molar-refractivity contribution in [3.63, 3.8) is 0 Å². The number of hydrogen-bond acceptors (Lipinski definition) is 6. The molecule has 0 radical (unpaired) electrons. The normalized spacial score (nSPS) is 13.1. The lowest BCUT2D eigenvalue weighted by Gasteiger charge is -2.18. The first-order valence-electron chi connectivity index (χ1n) is 7.78. The molecular formula is C17H17F3N4OS. The molecule has 26 heavy (non-hydrogen) atoms. The molecule has 0 saturated heterocycles. The molecule has 0 fully saturated rings. The van der Waals surface area contributed by atoms with Crippen LogP contribution in [0.25, 0.3) is 21.3 Å². The van der Waals surface area contributed by atoms with E-state index in [4.69, 9.17) is 10.5 Å². The summed E-state index contributed by atoms with van der Waals surface area (Å²) in [5, 5.41) is 3.44. The minimum atomic E-state index is -4.52. The lowest BCUT2D eigenvalue weighted by Crippen LogP contribution is -2.23. The number of aromatic nitrogens is 2. The van der Waals surface area contributed by atoms with Gasteiger partial charge < -0.3 is 15.8 Å². The molecule has 0 spiro atoms. The first kappa shape index (κ1) is 18.4. The van der Waals surface area contributed by atoms with Crippen LogP contribution in [0.4, 0.5) is 24.1 Å². The average Bonchev–Trinajstić information content (AvgIpc) is 2.93. The number of methoxy groups -OCH3 is 1. The second-order valence-electron chi connectivity index (χ2n) is 5.83. The van der Waals surface area contributed by atoms with Gasteiger partial charge in [0.05, 0.1) is 16.8 Å². The Bertz CT molecular complexity index is 926. The number of nitrogens with one attached hydrogen (secondary N) is 1. The van der Waals surface area contributed by atoms with Gasteiger partial charge in [-0.25, -0.2) is 9.97 Å². The monoisotopic (exact) mass is 382 g/mol. The van der Waals surface area contributed by atoms with Crippen molar-refractivity contribution in [3.05, 3.63) is 36.0 Å². The molecule has 0 aliphatic carbocycles. The second-order valence-corrected chi connectivity index (χ2v) is 6.89. The highest BCUT2D eigenvalue weighted by Gasteiger charge is 2.33. The SMILES string of the molecule is COCC(C)Nc1nc(C(F)(F)F)ccc1-c1ccc2sc(N)nc2c1. The quantitative estimate of drug-likeness (QED) is 0.684. The molecule has 138 valence electrons. The largest absolute Gasteiger partial charge is 0.433 e. The van der Waals surface area contributed by atoms with Crippen LogP contribution in [0.1, 0.15) is 12.6 Å². The fraction of sp³-hybridized carbons (Fsp3) is 0.294. The summed E-state index contributed by atoms with van der Waals surface area (Å²) in [6.07, 6.45) is -4.52. The number of alkyl halides is 3. The maximum absolute atomic E-state index is 13.1. The second kappa shape index (κ2) is 7.08.